The fraction of sp³-hybridized carbons (Fsp3) is 1.00. The second-order valence-corrected chi connectivity index (χ2v) is 3.72. The van der Waals surface area contributed by atoms with Gasteiger partial charge in [0.05, 0.1) is 0 Å². The number of rotatable bonds is 0. The van der Waals surface area contributed by atoms with Crippen LogP contribution >= 0.6 is 0 Å². The molecule has 2 fully saturated rings. The lowest BCUT2D eigenvalue weighted by atomic mass is 9.98. The summed E-state index contributed by atoms with van der Waals surface area (Å²) in [6, 6.07) is 0.793. The topological polar surface area (TPSA) is 12.0 Å². The molecular weight excluding hydrogens is 110 g/mol. The Kier molecular flexibility index (Phi) is 1.10. The van der Waals surface area contributed by atoms with Crippen LogP contribution in [-0.2, 0) is 0 Å². The van der Waals surface area contributed by atoms with Crippen molar-refractivity contribution in [3.8, 4) is 0 Å². The average molecular weight is 125 g/mol. The molecule has 1 atom stereocenters. The molecule has 0 aromatic heterocycles. The SMILES string of the molecule is C[C@@H]1CCCC2(CC2)N1. The van der Waals surface area contributed by atoms with Crippen molar-refractivity contribution in [1.82, 2.24) is 5.32 Å². The van der Waals surface area contributed by atoms with E-state index < -0.39 is 0 Å². The highest BCUT2D eigenvalue weighted by atomic mass is 15.1. The fourth-order valence-corrected chi connectivity index (χ4v) is 1.96. The summed E-state index contributed by atoms with van der Waals surface area (Å²) in [7, 11) is 0. The smallest absolute Gasteiger partial charge is 0.0185 e. The van der Waals surface area contributed by atoms with E-state index in [0.717, 1.165) is 6.04 Å². The van der Waals surface area contributed by atoms with Crippen molar-refractivity contribution in [3.05, 3.63) is 0 Å². The first-order chi connectivity index (χ1) is 4.31. The van der Waals surface area contributed by atoms with Crippen LogP contribution in [0.5, 0.6) is 0 Å². The van der Waals surface area contributed by atoms with Crippen LogP contribution in [0, 0.1) is 0 Å². The molecule has 1 spiro atoms. The number of piperidine rings is 1. The molecule has 1 saturated heterocycles. The van der Waals surface area contributed by atoms with Crippen LogP contribution in [0.1, 0.15) is 39.0 Å². The normalized spacial score (nSPS) is 39.0. The molecule has 2 rings (SSSR count). The Hall–Kier alpha value is -0.0400. The Morgan fingerprint density at radius 3 is 2.56 bits per heavy atom. The Bertz CT molecular complexity index is 116. The van der Waals surface area contributed by atoms with E-state index in [1.165, 1.54) is 32.1 Å². The molecule has 1 nitrogen and oxygen atoms in total. The molecule has 0 bridgehead atoms. The number of hydrogen-bond donors (Lipinski definition) is 1. The monoisotopic (exact) mass is 125 g/mol. The van der Waals surface area contributed by atoms with Crippen LogP contribution in [0.3, 0.4) is 0 Å². The van der Waals surface area contributed by atoms with Crippen LogP contribution in [0.25, 0.3) is 0 Å². The minimum absolute atomic E-state index is 0.650. The van der Waals surface area contributed by atoms with Gasteiger partial charge in [-0.05, 0) is 32.6 Å². The molecule has 1 heterocycles. The van der Waals surface area contributed by atoms with E-state index in [4.69, 9.17) is 0 Å². The highest BCUT2D eigenvalue weighted by Gasteiger charge is 2.44. The maximum absolute atomic E-state index is 3.67. The van der Waals surface area contributed by atoms with Crippen molar-refractivity contribution >= 4 is 0 Å². The molecule has 1 aliphatic heterocycles. The lowest BCUT2D eigenvalue weighted by Crippen LogP contribution is -2.42. The second kappa shape index (κ2) is 1.72. The highest BCUT2D eigenvalue weighted by molar-refractivity contribution is 5.04. The summed E-state index contributed by atoms with van der Waals surface area (Å²) in [5.74, 6) is 0. The zero-order chi connectivity index (χ0) is 6.32. The van der Waals surface area contributed by atoms with Crippen LogP contribution < -0.4 is 5.32 Å². The minimum Gasteiger partial charge on any atom is -0.309 e. The summed E-state index contributed by atoms with van der Waals surface area (Å²) in [5, 5.41) is 3.67. The van der Waals surface area contributed by atoms with Crippen LogP contribution in [0.15, 0.2) is 0 Å². The standard InChI is InChI=1S/C8H15N/c1-7-3-2-4-8(9-7)5-6-8/h7,9H,2-6H2,1H3/t7-/m1/s1. The van der Waals surface area contributed by atoms with Crippen molar-refractivity contribution in [2.24, 2.45) is 0 Å². The molecule has 1 heteroatoms. The largest absolute Gasteiger partial charge is 0.309 e. The van der Waals surface area contributed by atoms with Gasteiger partial charge in [-0.1, -0.05) is 6.42 Å². The average Bonchev–Trinajstić information content (AvgIpc) is 2.49. The van der Waals surface area contributed by atoms with Gasteiger partial charge < -0.3 is 5.32 Å². The summed E-state index contributed by atoms with van der Waals surface area (Å²) in [6.45, 7) is 2.30. The maximum atomic E-state index is 3.67. The van der Waals surface area contributed by atoms with Crippen LogP contribution in [-0.4, -0.2) is 11.6 Å². The van der Waals surface area contributed by atoms with Gasteiger partial charge in [0.2, 0.25) is 0 Å². The van der Waals surface area contributed by atoms with Crippen LogP contribution in [0.2, 0.25) is 0 Å². The third-order valence-electron chi connectivity index (χ3n) is 2.70. The van der Waals surface area contributed by atoms with E-state index in [2.05, 4.69) is 12.2 Å². The van der Waals surface area contributed by atoms with E-state index in [1.807, 2.05) is 0 Å². The fourth-order valence-electron chi connectivity index (χ4n) is 1.96. The molecule has 0 aromatic carbocycles. The molecule has 2 aliphatic rings. The summed E-state index contributed by atoms with van der Waals surface area (Å²) in [4.78, 5) is 0. The molecule has 1 saturated carbocycles. The molecule has 0 amide bonds. The highest BCUT2D eigenvalue weighted by Crippen LogP contribution is 2.42. The molecule has 1 aliphatic carbocycles. The zero-order valence-electron chi connectivity index (χ0n) is 6.11. The summed E-state index contributed by atoms with van der Waals surface area (Å²) in [6.07, 6.45) is 7.17. The number of hydrogen-bond acceptors (Lipinski definition) is 1. The summed E-state index contributed by atoms with van der Waals surface area (Å²) in [5.41, 5.74) is 0.650. The predicted molar refractivity (Wildman–Crippen MR) is 38.4 cm³/mol. The van der Waals surface area contributed by atoms with Gasteiger partial charge in [-0.15, -0.1) is 0 Å². The maximum Gasteiger partial charge on any atom is 0.0185 e. The van der Waals surface area contributed by atoms with Crippen molar-refractivity contribution in [2.75, 3.05) is 0 Å². The van der Waals surface area contributed by atoms with Crippen molar-refractivity contribution in [1.29, 1.82) is 0 Å². The van der Waals surface area contributed by atoms with Crippen molar-refractivity contribution in [2.45, 2.75) is 50.6 Å². The molecular formula is C8H15N. The first-order valence-electron chi connectivity index (χ1n) is 4.08. The Labute approximate surface area is 56.8 Å². The van der Waals surface area contributed by atoms with Gasteiger partial charge in [0.1, 0.15) is 0 Å². The van der Waals surface area contributed by atoms with E-state index in [-0.39, 0.29) is 0 Å². The van der Waals surface area contributed by atoms with E-state index in [9.17, 15) is 0 Å². The van der Waals surface area contributed by atoms with Gasteiger partial charge in [-0.3, -0.25) is 0 Å². The quantitative estimate of drug-likeness (QED) is 0.519. The third-order valence-corrected chi connectivity index (χ3v) is 2.70. The summed E-state index contributed by atoms with van der Waals surface area (Å²) < 4.78 is 0. The molecule has 0 aromatic rings. The van der Waals surface area contributed by atoms with Crippen molar-refractivity contribution in [3.63, 3.8) is 0 Å². The van der Waals surface area contributed by atoms with Gasteiger partial charge in [0, 0.05) is 11.6 Å². The Morgan fingerprint density at radius 2 is 2.11 bits per heavy atom. The minimum atomic E-state index is 0.650. The van der Waals surface area contributed by atoms with E-state index >= 15 is 0 Å². The molecule has 0 unspecified atom stereocenters. The molecule has 9 heavy (non-hydrogen) atoms. The van der Waals surface area contributed by atoms with Crippen LogP contribution in [0.4, 0.5) is 0 Å². The lowest BCUT2D eigenvalue weighted by Gasteiger charge is -2.28. The number of nitrogens with one attached hydrogen (secondary N) is 1. The lowest BCUT2D eigenvalue weighted by molar-refractivity contribution is 0.319. The first kappa shape index (κ1) is 5.72. The molecule has 52 valence electrons. The zero-order valence-corrected chi connectivity index (χ0v) is 6.11. The predicted octanol–water partition coefficient (Wildman–Crippen LogP) is 1.68. The van der Waals surface area contributed by atoms with Gasteiger partial charge in [0.15, 0.2) is 0 Å². The Balaban J connectivity index is 1.96. The van der Waals surface area contributed by atoms with Gasteiger partial charge >= 0.3 is 0 Å². The molecule has 0 radical (unpaired) electrons. The van der Waals surface area contributed by atoms with Gasteiger partial charge in [0.25, 0.3) is 0 Å². The van der Waals surface area contributed by atoms with Gasteiger partial charge in [-0.2, -0.15) is 0 Å². The molecule has 1 N–H and O–H groups in total. The summed E-state index contributed by atoms with van der Waals surface area (Å²) >= 11 is 0. The first-order valence-corrected chi connectivity index (χ1v) is 4.08. The van der Waals surface area contributed by atoms with Gasteiger partial charge in [-0.25, -0.2) is 0 Å². The second-order valence-electron chi connectivity index (χ2n) is 3.72. The Morgan fingerprint density at radius 1 is 1.33 bits per heavy atom. The van der Waals surface area contributed by atoms with Crippen molar-refractivity contribution < 1.29 is 0 Å². The van der Waals surface area contributed by atoms with E-state index in [0.29, 0.717) is 5.54 Å². The third kappa shape index (κ3) is 0.983. The van der Waals surface area contributed by atoms with E-state index in [1.54, 1.807) is 0 Å².